The predicted octanol–water partition coefficient (Wildman–Crippen LogP) is 1.73. The molecule has 13 heavy (non-hydrogen) atoms. The molecule has 3 unspecified atom stereocenters. The summed E-state index contributed by atoms with van der Waals surface area (Å²) >= 11 is 0. The molecule has 0 spiro atoms. The van der Waals surface area contributed by atoms with Gasteiger partial charge in [-0.15, -0.1) is 0 Å². The maximum absolute atomic E-state index is 5.92. The highest BCUT2D eigenvalue weighted by Gasteiger charge is 2.36. The zero-order valence-corrected chi connectivity index (χ0v) is 9.22. The summed E-state index contributed by atoms with van der Waals surface area (Å²) in [7, 11) is 0. The molecule has 1 aliphatic rings. The fourth-order valence-corrected chi connectivity index (χ4v) is 1.74. The molecule has 3 atom stereocenters. The lowest BCUT2D eigenvalue weighted by Crippen LogP contribution is -2.34. The van der Waals surface area contributed by atoms with Crippen LogP contribution in [0.5, 0.6) is 0 Å². The van der Waals surface area contributed by atoms with Crippen LogP contribution in [0.25, 0.3) is 0 Å². The Morgan fingerprint density at radius 2 is 2.00 bits per heavy atom. The molecule has 0 bridgehead atoms. The van der Waals surface area contributed by atoms with Crippen molar-refractivity contribution in [2.45, 2.75) is 46.1 Å². The fourth-order valence-electron chi connectivity index (χ4n) is 1.74. The second-order valence-corrected chi connectivity index (χ2v) is 5.31. The Morgan fingerprint density at radius 3 is 2.38 bits per heavy atom. The molecule has 1 aliphatic carbocycles. The minimum Gasteiger partial charge on any atom is -0.330 e. The lowest BCUT2D eigenvalue weighted by Gasteiger charge is -2.29. The zero-order valence-electron chi connectivity index (χ0n) is 9.22. The van der Waals surface area contributed by atoms with Crippen LogP contribution in [0, 0.1) is 17.3 Å². The first kappa shape index (κ1) is 11.0. The predicted molar refractivity (Wildman–Crippen MR) is 57.3 cm³/mol. The van der Waals surface area contributed by atoms with E-state index in [1.54, 1.807) is 0 Å². The van der Waals surface area contributed by atoms with Crippen LogP contribution in [0.15, 0.2) is 0 Å². The van der Waals surface area contributed by atoms with Crippen LogP contribution in [-0.2, 0) is 0 Å². The van der Waals surface area contributed by atoms with Crippen molar-refractivity contribution < 1.29 is 0 Å². The van der Waals surface area contributed by atoms with Crippen LogP contribution in [0.3, 0.4) is 0 Å². The average molecular weight is 184 g/mol. The summed E-state index contributed by atoms with van der Waals surface area (Å²) < 4.78 is 0. The second kappa shape index (κ2) is 3.97. The van der Waals surface area contributed by atoms with E-state index in [4.69, 9.17) is 11.5 Å². The van der Waals surface area contributed by atoms with Crippen molar-refractivity contribution in [3.63, 3.8) is 0 Å². The molecule has 0 heterocycles. The largest absolute Gasteiger partial charge is 0.330 e. The van der Waals surface area contributed by atoms with Gasteiger partial charge in [-0.3, -0.25) is 0 Å². The first-order valence-corrected chi connectivity index (χ1v) is 5.43. The Bertz CT molecular complexity index is 163. The molecule has 78 valence electrons. The van der Waals surface area contributed by atoms with Gasteiger partial charge in [0, 0.05) is 6.04 Å². The van der Waals surface area contributed by atoms with Gasteiger partial charge in [-0.05, 0) is 50.0 Å². The summed E-state index contributed by atoms with van der Waals surface area (Å²) in [6.45, 7) is 7.51. The molecular formula is C11H24N2. The minimum absolute atomic E-state index is 0.293. The van der Waals surface area contributed by atoms with E-state index in [1.165, 1.54) is 19.3 Å². The highest BCUT2D eigenvalue weighted by atomic mass is 14.7. The van der Waals surface area contributed by atoms with Crippen molar-refractivity contribution in [3.8, 4) is 0 Å². The van der Waals surface area contributed by atoms with Crippen LogP contribution < -0.4 is 11.5 Å². The summed E-state index contributed by atoms with van der Waals surface area (Å²) in [4.78, 5) is 0. The van der Waals surface area contributed by atoms with Gasteiger partial charge in [0.05, 0.1) is 0 Å². The molecule has 0 radical (unpaired) electrons. The van der Waals surface area contributed by atoms with E-state index in [-0.39, 0.29) is 0 Å². The standard InChI is InChI=1S/C11H24N2/c1-8(13)11(2,3)5-4-9-6-10(9)7-12/h8-10H,4-7,12-13H2,1-3H3. The molecule has 1 rings (SSSR count). The summed E-state index contributed by atoms with van der Waals surface area (Å²) in [5.74, 6) is 1.73. The number of hydrogen-bond acceptors (Lipinski definition) is 2. The maximum atomic E-state index is 5.92. The molecule has 0 aromatic heterocycles. The molecule has 2 heteroatoms. The van der Waals surface area contributed by atoms with Crippen LogP contribution in [0.2, 0.25) is 0 Å². The third-order valence-corrected chi connectivity index (χ3v) is 3.76. The summed E-state index contributed by atoms with van der Waals surface area (Å²) in [6.07, 6.45) is 3.91. The smallest absolute Gasteiger partial charge is 0.00617 e. The Balaban J connectivity index is 2.19. The summed E-state index contributed by atoms with van der Waals surface area (Å²) in [5.41, 5.74) is 11.8. The zero-order chi connectivity index (χ0) is 10.1. The van der Waals surface area contributed by atoms with Gasteiger partial charge in [0.1, 0.15) is 0 Å². The van der Waals surface area contributed by atoms with Crippen molar-refractivity contribution in [1.82, 2.24) is 0 Å². The van der Waals surface area contributed by atoms with E-state index in [9.17, 15) is 0 Å². The Hall–Kier alpha value is -0.0800. The first-order valence-electron chi connectivity index (χ1n) is 5.43. The minimum atomic E-state index is 0.293. The molecule has 1 saturated carbocycles. The average Bonchev–Trinajstić information content (AvgIpc) is 2.79. The van der Waals surface area contributed by atoms with E-state index in [0.29, 0.717) is 11.5 Å². The van der Waals surface area contributed by atoms with Crippen molar-refractivity contribution in [2.75, 3.05) is 6.54 Å². The van der Waals surface area contributed by atoms with Gasteiger partial charge >= 0.3 is 0 Å². The van der Waals surface area contributed by atoms with E-state index < -0.39 is 0 Å². The summed E-state index contributed by atoms with van der Waals surface area (Å²) in [6, 6.07) is 0.294. The van der Waals surface area contributed by atoms with Crippen molar-refractivity contribution in [2.24, 2.45) is 28.7 Å². The first-order chi connectivity index (χ1) is 5.97. The van der Waals surface area contributed by atoms with Gasteiger partial charge < -0.3 is 11.5 Å². The van der Waals surface area contributed by atoms with E-state index in [0.717, 1.165) is 18.4 Å². The van der Waals surface area contributed by atoms with Crippen molar-refractivity contribution >= 4 is 0 Å². The quantitative estimate of drug-likeness (QED) is 0.683. The Morgan fingerprint density at radius 1 is 1.38 bits per heavy atom. The highest BCUT2D eigenvalue weighted by molar-refractivity contribution is 4.89. The van der Waals surface area contributed by atoms with E-state index in [2.05, 4.69) is 20.8 Å². The number of rotatable bonds is 5. The second-order valence-electron chi connectivity index (χ2n) is 5.31. The third-order valence-electron chi connectivity index (χ3n) is 3.76. The molecule has 0 saturated heterocycles. The molecule has 0 aromatic carbocycles. The fraction of sp³-hybridized carbons (Fsp3) is 1.00. The molecular weight excluding hydrogens is 160 g/mol. The van der Waals surface area contributed by atoms with Crippen LogP contribution in [0.1, 0.15) is 40.0 Å². The Kier molecular flexibility index (Phi) is 3.36. The van der Waals surface area contributed by atoms with Crippen molar-refractivity contribution in [1.29, 1.82) is 0 Å². The third kappa shape index (κ3) is 2.96. The molecule has 1 fully saturated rings. The van der Waals surface area contributed by atoms with Crippen LogP contribution in [0.4, 0.5) is 0 Å². The van der Waals surface area contributed by atoms with E-state index >= 15 is 0 Å². The van der Waals surface area contributed by atoms with Crippen molar-refractivity contribution in [3.05, 3.63) is 0 Å². The Labute approximate surface area is 82.1 Å². The molecule has 0 aromatic rings. The number of nitrogens with two attached hydrogens (primary N) is 2. The van der Waals surface area contributed by atoms with Crippen LogP contribution in [-0.4, -0.2) is 12.6 Å². The van der Waals surface area contributed by atoms with Gasteiger partial charge in [0.15, 0.2) is 0 Å². The van der Waals surface area contributed by atoms with Gasteiger partial charge in [-0.25, -0.2) is 0 Å². The number of hydrogen-bond donors (Lipinski definition) is 2. The normalized spacial score (nSPS) is 30.2. The molecule has 4 N–H and O–H groups in total. The van der Waals surface area contributed by atoms with Gasteiger partial charge in [-0.2, -0.15) is 0 Å². The highest BCUT2D eigenvalue weighted by Crippen LogP contribution is 2.43. The molecule has 2 nitrogen and oxygen atoms in total. The molecule has 0 aliphatic heterocycles. The van der Waals surface area contributed by atoms with Gasteiger partial charge in [-0.1, -0.05) is 13.8 Å². The summed E-state index contributed by atoms with van der Waals surface area (Å²) in [5, 5.41) is 0. The topological polar surface area (TPSA) is 52.0 Å². The monoisotopic (exact) mass is 184 g/mol. The lowest BCUT2D eigenvalue weighted by atomic mass is 9.81. The van der Waals surface area contributed by atoms with Crippen LogP contribution >= 0.6 is 0 Å². The lowest BCUT2D eigenvalue weighted by molar-refractivity contribution is 0.262. The van der Waals surface area contributed by atoms with Gasteiger partial charge in [0.25, 0.3) is 0 Å². The molecule has 0 amide bonds. The van der Waals surface area contributed by atoms with E-state index in [1.807, 2.05) is 0 Å². The SMILES string of the molecule is CC(N)C(C)(C)CCC1CC1CN. The van der Waals surface area contributed by atoms with Gasteiger partial charge in [0.2, 0.25) is 0 Å². The maximum Gasteiger partial charge on any atom is 0.00617 e.